The van der Waals surface area contributed by atoms with Gasteiger partial charge in [0, 0.05) is 5.69 Å². The number of hydrogen-bond acceptors (Lipinski definition) is 5. The molecule has 38 heavy (non-hydrogen) atoms. The summed E-state index contributed by atoms with van der Waals surface area (Å²) in [6, 6.07) is 25.7. The van der Waals surface area contributed by atoms with Crippen LogP contribution in [0.15, 0.2) is 78.9 Å². The number of pyridine rings is 2. The topological polar surface area (TPSA) is 64.7 Å². The third-order valence-corrected chi connectivity index (χ3v) is 5.95. The van der Waals surface area contributed by atoms with E-state index in [2.05, 4.69) is 53.9 Å². The summed E-state index contributed by atoms with van der Waals surface area (Å²) >= 11 is 0. The van der Waals surface area contributed by atoms with Crippen LogP contribution in [0.2, 0.25) is 0 Å². The second kappa shape index (κ2) is 10.7. The van der Waals surface area contributed by atoms with E-state index in [1.165, 1.54) is 0 Å². The van der Waals surface area contributed by atoms with Gasteiger partial charge in [-0.05, 0) is 46.5 Å². The zero-order chi connectivity index (χ0) is 26.2. The van der Waals surface area contributed by atoms with Crippen molar-refractivity contribution >= 4 is 17.3 Å². The van der Waals surface area contributed by atoms with E-state index < -0.39 is 0 Å². The molecule has 0 saturated heterocycles. The number of aromatic nitrogens is 6. The Morgan fingerprint density at radius 3 is 1.45 bits per heavy atom. The Hall–Kier alpha value is -3.57. The molecule has 8 heteroatoms. The average Bonchev–Trinajstić information content (AvgIpc) is 3.56. The van der Waals surface area contributed by atoms with E-state index in [4.69, 9.17) is 20.2 Å². The summed E-state index contributed by atoms with van der Waals surface area (Å²) in [5.74, 6) is 2.80. The standard InChI is InChI=1S/C30H31N7.Pt/c1-29(2,3)23-18-20-35(33-23)25-14-10-16-27(31-25)37(22-12-8-7-9-13-22)28-17-11-15-26(32-28)36-21-19-24(34-36)30(4,5)6;/h7-19H,1-6H3;/q-2;+2. The van der Waals surface area contributed by atoms with E-state index in [1.54, 1.807) is 9.36 Å². The maximum atomic E-state index is 4.96. The summed E-state index contributed by atoms with van der Waals surface area (Å²) in [6.45, 7) is 12.8. The monoisotopic (exact) mass is 684 g/mol. The fourth-order valence-electron chi connectivity index (χ4n) is 3.81. The fourth-order valence-corrected chi connectivity index (χ4v) is 3.81. The van der Waals surface area contributed by atoms with Crippen molar-refractivity contribution in [3.63, 3.8) is 0 Å². The number of anilines is 3. The zero-order valence-corrected chi connectivity index (χ0v) is 24.7. The van der Waals surface area contributed by atoms with Crippen LogP contribution in [0, 0.1) is 12.4 Å². The van der Waals surface area contributed by atoms with Crippen LogP contribution < -0.4 is 4.90 Å². The minimum Gasteiger partial charge on any atom is -0.343 e. The first-order valence-corrected chi connectivity index (χ1v) is 12.4. The maximum Gasteiger partial charge on any atom is 2.00 e. The molecule has 4 heterocycles. The van der Waals surface area contributed by atoms with E-state index in [-0.39, 0.29) is 31.9 Å². The van der Waals surface area contributed by atoms with Gasteiger partial charge in [0.15, 0.2) is 0 Å². The van der Waals surface area contributed by atoms with Crippen molar-refractivity contribution in [3.05, 3.63) is 103 Å². The molecule has 0 saturated carbocycles. The molecule has 5 aromatic rings. The van der Waals surface area contributed by atoms with Crippen molar-refractivity contribution in [3.8, 4) is 11.6 Å². The van der Waals surface area contributed by atoms with Crippen LogP contribution in [0.3, 0.4) is 0 Å². The van der Waals surface area contributed by atoms with Crippen LogP contribution in [0.1, 0.15) is 52.9 Å². The largest absolute Gasteiger partial charge is 2.00 e. The summed E-state index contributed by atoms with van der Waals surface area (Å²) < 4.78 is 3.40. The molecule has 0 spiro atoms. The molecule has 196 valence electrons. The molecule has 0 N–H and O–H groups in total. The molecule has 4 aromatic heterocycles. The van der Waals surface area contributed by atoms with Crippen LogP contribution in [0.4, 0.5) is 17.3 Å². The fraction of sp³-hybridized carbons (Fsp3) is 0.267. The van der Waals surface area contributed by atoms with Crippen LogP contribution >= 0.6 is 0 Å². The normalized spacial score (nSPS) is 11.7. The summed E-state index contributed by atoms with van der Waals surface area (Å²) in [6.07, 6.45) is 6.42. The van der Waals surface area contributed by atoms with Gasteiger partial charge in [-0.25, -0.2) is 0 Å². The predicted molar refractivity (Wildman–Crippen MR) is 146 cm³/mol. The Kier molecular flexibility index (Phi) is 7.70. The van der Waals surface area contributed by atoms with Gasteiger partial charge in [-0.15, -0.1) is 12.1 Å². The second-order valence-corrected chi connectivity index (χ2v) is 11.0. The van der Waals surface area contributed by atoms with Crippen LogP contribution in [-0.2, 0) is 31.9 Å². The summed E-state index contributed by atoms with van der Waals surface area (Å²) in [5.41, 5.74) is 2.71. The summed E-state index contributed by atoms with van der Waals surface area (Å²) in [5, 5.41) is 9.44. The number of rotatable bonds is 5. The van der Waals surface area contributed by atoms with Gasteiger partial charge >= 0.3 is 21.1 Å². The Bertz CT molecular complexity index is 1410. The van der Waals surface area contributed by atoms with Gasteiger partial charge in [-0.1, -0.05) is 96.4 Å². The molecule has 0 bridgehead atoms. The zero-order valence-electron chi connectivity index (χ0n) is 22.5. The van der Waals surface area contributed by atoms with Gasteiger partial charge in [0.1, 0.15) is 11.6 Å². The molecule has 0 amide bonds. The molecule has 0 radical (unpaired) electrons. The molecule has 7 nitrogen and oxygen atoms in total. The molecule has 0 aliphatic carbocycles. The smallest absolute Gasteiger partial charge is 0.343 e. The molecular formula is C30H31N7Pt. The van der Waals surface area contributed by atoms with Crippen LogP contribution in [0.25, 0.3) is 11.6 Å². The molecule has 0 fully saturated rings. The van der Waals surface area contributed by atoms with Crippen molar-refractivity contribution in [1.82, 2.24) is 29.5 Å². The molecule has 0 atom stereocenters. The van der Waals surface area contributed by atoms with Gasteiger partial charge in [-0.3, -0.25) is 25.1 Å². The molecule has 0 aliphatic heterocycles. The number of hydrogen-bond donors (Lipinski definition) is 0. The third kappa shape index (κ3) is 5.78. The van der Waals surface area contributed by atoms with Crippen molar-refractivity contribution in [2.75, 3.05) is 4.90 Å². The molecule has 5 rings (SSSR count). The Morgan fingerprint density at radius 1 is 0.605 bits per heavy atom. The third-order valence-electron chi connectivity index (χ3n) is 5.95. The second-order valence-electron chi connectivity index (χ2n) is 11.0. The van der Waals surface area contributed by atoms with Gasteiger partial charge in [0.05, 0.1) is 11.6 Å². The first kappa shape index (κ1) is 27.5. The minimum atomic E-state index is -0.0732. The maximum absolute atomic E-state index is 4.96. The van der Waals surface area contributed by atoms with E-state index in [0.717, 1.165) is 28.7 Å². The van der Waals surface area contributed by atoms with Gasteiger partial charge in [-0.2, -0.15) is 0 Å². The number of para-hydroxylation sites is 1. The first-order chi connectivity index (χ1) is 17.6. The molecular weight excluding hydrogens is 653 g/mol. The summed E-state index contributed by atoms with van der Waals surface area (Å²) in [7, 11) is 0. The van der Waals surface area contributed by atoms with E-state index >= 15 is 0 Å². The SMILES string of the molecule is CC(C)(C)c1c[c-]n(-c2cccc(N(c3ccccc3)c3cccc(-n4[c-]cc(C(C)(C)C)n4)n3)n2)n1.[Pt+2]. The van der Waals surface area contributed by atoms with Crippen molar-refractivity contribution in [1.29, 1.82) is 0 Å². The molecule has 1 aromatic carbocycles. The van der Waals surface area contributed by atoms with E-state index in [0.29, 0.717) is 11.6 Å². The van der Waals surface area contributed by atoms with E-state index in [9.17, 15) is 0 Å². The van der Waals surface area contributed by atoms with Crippen LogP contribution in [-0.4, -0.2) is 29.5 Å². The predicted octanol–water partition coefficient (Wildman–Crippen LogP) is 6.51. The molecule has 0 aliphatic rings. The van der Waals surface area contributed by atoms with Gasteiger partial charge < -0.3 is 9.36 Å². The Balaban J connectivity index is 0.00000336. The molecule has 0 unspecified atom stereocenters. The van der Waals surface area contributed by atoms with Crippen molar-refractivity contribution in [2.45, 2.75) is 52.4 Å². The van der Waals surface area contributed by atoms with Crippen molar-refractivity contribution < 1.29 is 21.1 Å². The minimum absolute atomic E-state index is 0. The first-order valence-electron chi connectivity index (χ1n) is 12.4. The Labute approximate surface area is 238 Å². The summed E-state index contributed by atoms with van der Waals surface area (Å²) in [4.78, 5) is 11.9. The van der Waals surface area contributed by atoms with Gasteiger partial charge in [0.25, 0.3) is 0 Å². The Morgan fingerprint density at radius 2 is 1.05 bits per heavy atom. The number of nitrogens with zero attached hydrogens (tertiary/aromatic N) is 7. The van der Waals surface area contributed by atoms with Crippen molar-refractivity contribution in [2.24, 2.45) is 0 Å². The van der Waals surface area contributed by atoms with Crippen LogP contribution in [0.5, 0.6) is 0 Å². The quantitative estimate of drug-likeness (QED) is 0.198. The van der Waals surface area contributed by atoms with Gasteiger partial charge in [0.2, 0.25) is 0 Å². The number of benzene rings is 1. The average molecular weight is 685 g/mol. The van der Waals surface area contributed by atoms with E-state index in [1.807, 2.05) is 83.8 Å².